The Morgan fingerprint density at radius 3 is 2.12 bits per heavy atom. The number of halogens is 2. The van der Waals surface area contributed by atoms with Gasteiger partial charge in [0.2, 0.25) is 0 Å². The van der Waals surface area contributed by atoms with Crippen molar-refractivity contribution in [3.8, 4) is 22.8 Å². The molecule has 0 amide bonds. The quantitative estimate of drug-likeness (QED) is 0.291. The first-order valence-electron chi connectivity index (χ1n) is 10.2. The van der Waals surface area contributed by atoms with Gasteiger partial charge in [-0.15, -0.1) is 6.07 Å². The van der Waals surface area contributed by atoms with Gasteiger partial charge in [-0.2, -0.15) is 5.10 Å². The number of aromatic nitrogens is 4. The molecular weight excluding hydrogens is 605 g/mol. The van der Waals surface area contributed by atoms with Gasteiger partial charge in [0.15, 0.2) is 0 Å². The van der Waals surface area contributed by atoms with Crippen LogP contribution >= 0.6 is 0 Å². The van der Waals surface area contributed by atoms with Crippen molar-refractivity contribution in [3.05, 3.63) is 83.4 Å². The van der Waals surface area contributed by atoms with Crippen LogP contribution in [-0.2, 0) is 33.5 Å². The Bertz CT molecular complexity index is 1220. The Labute approximate surface area is 207 Å². The van der Waals surface area contributed by atoms with Gasteiger partial charge in [0.1, 0.15) is 5.75 Å². The van der Waals surface area contributed by atoms with Crippen LogP contribution in [0.3, 0.4) is 0 Å². The van der Waals surface area contributed by atoms with E-state index in [1.54, 1.807) is 43.1 Å². The summed E-state index contributed by atoms with van der Waals surface area (Å²) < 4.78 is 31.2. The van der Waals surface area contributed by atoms with Gasteiger partial charge in [-0.05, 0) is 43.0 Å². The van der Waals surface area contributed by atoms with Crippen molar-refractivity contribution in [2.75, 3.05) is 0 Å². The summed E-state index contributed by atoms with van der Waals surface area (Å²) in [7, 11) is 1.74. The minimum Gasteiger partial charge on any atom is -0.508 e. The van der Waals surface area contributed by atoms with Crippen LogP contribution in [-0.4, -0.2) is 24.4 Å². The number of phenols is 1. The molecule has 0 saturated heterocycles. The average molecular weight is 633 g/mol. The molecule has 0 bridgehead atoms. The van der Waals surface area contributed by atoms with E-state index in [1.165, 1.54) is 10.2 Å². The number of imidazole rings is 1. The topological polar surface area (TPSA) is 55.9 Å². The van der Waals surface area contributed by atoms with Crippen LogP contribution < -0.4 is 0 Å². The summed E-state index contributed by atoms with van der Waals surface area (Å²) in [4.78, 5) is 4.08. The SMILES string of the molecule is CC(C)(C)c1ccc(O)cc1.Cc1cc(C)n(-c2[c-]c(-c3nccn3C)c(F)cc2F)n1.[Pt]. The third kappa shape index (κ3) is 6.17. The number of nitrogens with zero attached hydrogens (tertiary/aromatic N) is 4. The van der Waals surface area contributed by atoms with Crippen molar-refractivity contribution < 1.29 is 35.0 Å². The van der Waals surface area contributed by atoms with Gasteiger partial charge in [0.05, 0.1) is 17.3 Å². The zero-order chi connectivity index (χ0) is 23.6. The molecule has 2 aromatic carbocycles. The van der Waals surface area contributed by atoms with Crippen molar-refractivity contribution in [1.82, 2.24) is 19.3 Å². The van der Waals surface area contributed by atoms with Crippen LogP contribution in [0.15, 0.2) is 48.8 Å². The molecule has 0 aliphatic rings. The molecule has 4 aromatic rings. The summed E-state index contributed by atoms with van der Waals surface area (Å²) in [6.07, 6.45) is 3.24. The van der Waals surface area contributed by atoms with Gasteiger partial charge in [-0.25, -0.2) is 0 Å². The van der Waals surface area contributed by atoms with E-state index in [2.05, 4.69) is 36.9 Å². The molecule has 33 heavy (non-hydrogen) atoms. The first-order valence-corrected chi connectivity index (χ1v) is 10.2. The number of phenolic OH excluding ortho intramolecular Hbond substituents is 1. The molecule has 5 nitrogen and oxygen atoms in total. The molecule has 0 atom stereocenters. The summed E-state index contributed by atoms with van der Waals surface area (Å²) in [6, 6.07) is 12.8. The summed E-state index contributed by atoms with van der Waals surface area (Å²) in [5.74, 6) is -0.697. The number of aryl methyl sites for hydroxylation is 3. The molecular formula is C25H27F2N4OPt-. The largest absolute Gasteiger partial charge is 0.508 e. The van der Waals surface area contributed by atoms with Gasteiger partial charge in [-0.3, -0.25) is 18.4 Å². The monoisotopic (exact) mass is 632 g/mol. The predicted molar refractivity (Wildman–Crippen MR) is 121 cm³/mol. The Morgan fingerprint density at radius 2 is 1.64 bits per heavy atom. The van der Waals surface area contributed by atoms with E-state index in [0.717, 1.165) is 17.5 Å². The van der Waals surface area contributed by atoms with Crippen molar-refractivity contribution in [2.45, 2.75) is 40.0 Å². The Kier molecular flexibility index (Phi) is 8.36. The summed E-state index contributed by atoms with van der Waals surface area (Å²) >= 11 is 0. The Balaban J connectivity index is 0.000000274. The summed E-state index contributed by atoms with van der Waals surface area (Å²) in [5, 5.41) is 13.2. The fourth-order valence-electron chi connectivity index (χ4n) is 3.23. The van der Waals surface area contributed by atoms with E-state index in [1.807, 2.05) is 25.1 Å². The van der Waals surface area contributed by atoms with E-state index in [4.69, 9.17) is 5.11 Å². The van der Waals surface area contributed by atoms with Gasteiger partial charge in [-0.1, -0.05) is 44.5 Å². The van der Waals surface area contributed by atoms with Crippen molar-refractivity contribution in [1.29, 1.82) is 0 Å². The fourth-order valence-corrected chi connectivity index (χ4v) is 3.23. The van der Waals surface area contributed by atoms with Crippen LogP contribution in [0.4, 0.5) is 8.78 Å². The van der Waals surface area contributed by atoms with Gasteiger partial charge in [0, 0.05) is 57.7 Å². The summed E-state index contributed by atoms with van der Waals surface area (Å²) in [5.41, 5.74) is 3.12. The first-order chi connectivity index (χ1) is 15.0. The minimum absolute atomic E-state index is 0. The molecule has 0 aliphatic carbocycles. The third-order valence-corrected chi connectivity index (χ3v) is 4.96. The molecule has 1 N–H and O–H groups in total. The van der Waals surface area contributed by atoms with Gasteiger partial charge >= 0.3 is 0 Å². The fraction of sp³-hybridized carbons (Fsp3) is 0.280. The average Bonchev–Trinajstić information content (AvgIpc) is 3.27. The zero-order valence-electron chi connectivity index (χ0n) is 19.4. The zero-order valence-corrected chi connectivity index (χ0v) is 21.7. The molecule has 2 heterocycles. The Morgan fingerprint density at radius 1 is 1.00 bits per heavy atom. The smallest absolute Gasteiger partial charge is 0.115 e. The van der Waals surface area contributed by atoms with Gasteiger partial charge < -0.3 is 9.67 Å². The van der Waals surface area contributed by atoms with E-state index >= 15 is 0 Å². The molecule has 178 valence electrons. The second-order valence-corrected chi connectivity index (χ2v) is 8.69. The molecule has 0 unspecified atom stereocenters. The standard InChI is InChI=1S/C15H13F2N4.C10H14O.Pt/c1-9-6-10(2)21(19-9)14-7-11(12(16)8-13(14)17)15-18-4-5-20(15)3;1-10(2,3)8-4-6-9(11)7-5-8;/h4-6,8H,1-3H3;4-7,11H,1-3H3;/q-1;;. The number of hydrogen-bond acceptors (Lipinski definition) is 3. The molecule has 0 radical (unpaired) electrons. The van der Waals surface area contributed by atoms with Crippen LogP contribution in [0, 0.1) is 31.5 Å². The maximum Gasteiger partial charge on any atom is 0.115 e. The van der Waals surface area contributed by atoms with E-state index in [9.17, 15) is 8.78 Å². The van der Waals surface area contributed by atoms with Gasteiger partial charge in [0.25, 0.3) is 0 Å². The van der Waals surface area contributed by atoms with E-state index in [-0.39, 0.29) is 37.7 Å². The molecule has 0 spiro atoms. The maximum atomic E-state index is 14.1. The Hall–Kier alpha value is -2.79. The molecule has 8 heteroatoms. The van der Waals surface area contributed by atoms with Crippen molar-refractivity contribution >= 4 is 0 Å². The second-order valence-electron chi connectivity index (χ2n) is 8.69. The molecule has 0 aliphatic heterocycles. The van der Waals surface area contributed by atoms with Crippen molar-refractivity contribution in [2.24, 2.45) is 7.05 Å². The first kappa shape index (κ1) is 26.5. The third-order valence-electron chi connectivity index (χ3n) is 4.96. The van der Waals surface area contributed by atoms with Crippen LogP contribution in [0.25, 0.3) is 17.1 Å². The summed E-state index contributed by atoms with van der Waals surface area (Å²) in [6.45, 7) is 10.1. The predicted octanol–water partition coefficient (Wildman–Crippen LogP) is 5.66. The van der Waals surface area contributed by atoms with Crippen molar-refractivity contribution in [3.63, 3.8) is 0 Å². The number of aromatic hydroxyl groups is 1. The second kappa shape index (κ2) is 10.4. The normalized spacial score (nSPS) is 10.9. The molecule has 0 fully saturated rings. The van der Waals surface area contributed by atoms with E-state index < -0.39 is 11.6 Å². The van der Waals surface area contributed by atoms with E-state index in [0.29, 0.717) is 11.6 Å². The van der Waals surface area contributed by atoms with Crippen LogP contribution in [0.5, 0.6) is 5.75 Å². The number of hydrogen-bond donors (Lipinski definition) is 1. The molecule has 4 rings (SSSR count). The maximum absolute atomic E-state index is 14.1. The molecule has 2 aromatic heterocycles. The number of rotatable bonds is 2. The molecule has 0 saturated carbocycles. The minimum atomic E-state index is -0.711. The van der Waals surface area contributed by atoms with Crippen LogP contribution in [0.2, 0.25) is 0 Å². The number of benzene rings is 2. The van der Waals surface area contributed by atoms with Crippen LogP contribution in [0.1, 0.15) is 37.7 Å².